The molecule has 1 aliphatic heterocycles. The van der Waals surface area contributed by atoms with Crippen LogP contribution in [0, 0.1) is 17.7 Å². The minimum absolute atomic E-state index is 0.0323. The van der Waals surface area contributed by atoms with E-state index in [4.69, 9.17) is 0 Å². The van der Waals surface area contributed by atoms with E-state index in [0.717, 1.165) is 55.3 Å². The number of amides is 4. The van der Waals surface area contributed by atoms with Crippen LogP contribution < -0.4 is 16.0 Å². The minimum atomic E-state index is -0.980. The lowest BCUT2D eigenvalue weighted by Gasteiger charge is -2.36. The van der Waals surface area contributed by atoms with E-state index in [-0.39, 0.29) is 29.8 Å². The number of carbonyl (C=O) groups excluding carboxylic acids is 4. The number of hydrogen-bond donors (Lipinski definition) is 3. The summed E-state index contributed by atoms with van der Waals surface area (Å²) < 4.78 is 16.7. The van der Waals surface area contributed by atoms with Crippen molar-refractivity contribution in [3.63, 3.8) is 0 Å². The van der Waals surface area contributed by atoms with Gasteiger partial charge in [0.05, 0.1) is 11.4 Å². The summed E-state index contributed by atoms with van der Waals surface area (Å²) in [6.45, 7) is 6.09. The third-order valence-corrected chi connectivity index (χ3v) is 10.4. The van der Waals surface area contributed by atoms with Crippen LogP contribution >= 0.6 is 11.3 Å². The quantitative estimate of drug-likeness (QED) is 0.248. The third kappa shape index (κ3) is 7.75. The molecule has 2 aromatic carbocycles. The molecule has 1 aliphatic carbocycles. The van der Waals surface area contributed by atoms with Crippen LogP contribution in [0.1, 0.15) is 63.9 Å². The Hall–Kier alpha value is -3.83. The Morgan fingerprint density at radius 1 is 0.935 bits per heavy atom. The fourth-order valence-corrected chi connectivity index (χ4v) is 7.41. The molecule has 11 heteroatoms. The number of benzene rings is 2. The van der Waals surface area contributed by atoms with Gasteiger partial charge < -0.3 is 25.8 Å². The number of nitrogens with one attached hydrogen (secondary N) is 3. The van der Waals surface area contributed by atoms with Crippen LogP contribution in [-0.2, 0) is 19.2 Å². The summed E-state index contributed by atoms with van der Waals surface area (Å²) in [4.78, 5) is 57.3. The highest BCUT2D eigenvalue weighted by molar-refractivity contribution is 7.17. The van der Waals surface area contributed by atoms with Gasteiger partial charge in [-0.3, -0.25) is 19.2 Å². The molecule has 246 valence electrons. The molecule has 1 aromatic heterocycles. The van der Waals surface area contributed by atoms with Gasteiger partial charge >= 0.3 is 0 Å². The zero-order valence-electron chi connectivity index (χ0n) is 26.8. The fraction of sp³-hybridized carbons (Fsp3) is 0.486. The molecule has 3 aromatic rings. The number of carbonyl (C=O) groups is 4. The number of anilines is 2. The van der Waals surface area contributed by atoms with E-state index in [1.165, 1.54) is 23.5 Å². The molecule has 0 bridgehead atoms. The van der Waals surface area contributed by atoms with Crippen molar-refractivity contribution in [2.24, 2.45) is 11.8 Å². The lowest BCUT2D eigenvalue weighted by molar-refractivity contribution is -0.138. The molecule has 9 nitrogen and oxygen atoms in total. The van der Waals surface area contributed by atoms with Gasteiger partial charge in [-0.25, -0.2) is 4.39 Å². The molecule has 1 saturated carbocycles. The van der Waals surface area contributed by atoms with E-state index in [0.29, 0.717) is 24.3 Å². The van der Waals surface area contributed by atoms with Gasteiger partial charge in [0.2, 0.25) is 23.6 Å². The maximum atomic E-state index is 15.6. The molecule has 4 amide bonds. The van der Waals surface area contributed by atoms with Crippen molar-refractivity contribution < 1.29 is 23.6 Å². The second-order valence-corrected chi connectivity index (χ2v) is 13.5. The fourth-order valence-electron chi connectivity index (χ4n) is 6.52. The molecule has 2 heterocycles. The summed E-state index contributed by atoms with van der Waals surface area (Å²) in [6, 6.07) is 11.3. The number of hydrogen-bond acceptors (Lipinski definition) is 6. The second kappa shape index (κ2) is 15.2. The first kappa shape index (κ1) is 33.5. The van der Waals surface area contributed by atoms with Crippen LogP contribution in [0.25, 0.3) is 10.1 Å². The van der Waals surface area contributed by atoms with E-state index in [2.05, 4.69) is 20.9 Å². The van der Waals surface area contributed by atoms with Crippen molar-refractivity contribution in [2.75, 3.05) is 43.9 Å². The van der Waals surface area contributed by atoms with Crippen molar-refractivity contribution in [2.45, 2.75) is 64.3 Å². The van der Waals surface area contributed by atoms with Crippen molar-refractivity contribution in [3.05, 3.63) is 59.2 Å². The molecule has 3 N–H and O–H groups in total. The van der Waals surface area contributed by atoms with Crippen LogP contribution in [0.2, 0.25) is 0 Å². The summed E-state index contributed by atoms with van der Waals surface area (Å²) in [5.74, 6) is -3.71. The van der Waals surface area contributed by atoms with E-state index < -0.39 is 35.5 Å². The highest BCUT2D eigenvalue weighted by Gasteiger charge is 2.37. The lowest BCUT2D eigenvalue weighted by Crippen LogP contribution is -2.55. The molecule has 2 aliphatic rings. The number of fused-ring (bicyclic) bond motifs is 1. The predicted molar refractivity (Wildman–Crippen MR) is 180 cm³/mol. The van der Waals surface area contributed by atoms with Crippen molar-refractivity contribution in [3.8, 4) is 0 Å². The average molecular weight is 650 g/mol. The van der Waals surface area contributed by atoms with Crippen molar-refractivity contribution >= 4 is 56.4 Å². The molecule has 0 unspecified atom stereocenters. The molecular formula is C35H44FN5O4S. The smallest absolute Gasteiger partial charge is 0.245 e. The van der Waals surface area contributed by atoms with Crippen molar-refractivity contribution in [1.82, 2.24) is 15.1 Å². The normalized spacial score (nSPS) is 18.0. The Labute approximate surface area is 273 Å². The molecule has 5 rings (SSSR count). The Morgan fingerprint density at radius 2 is 1.61 bits per heavy atom. The number of nitrogens with zero attached hydrogens (tertiary/aromatic N) is 2. The summed E-state index contributed by atoms with van der Waals surface area (Å²) in [5, 5.41) is 11.3. The van der Waals surface area contributed by atoms with Crippen molar-refractivity contribution in [1.29, 1.82) is 0 Å². The molecule has 1 saturated heterocycles. The number of halogens is 1. The predicted octanol–water partition coefficient (Wildman–Crippen LogP) is 5.59. The standard InChI is InChI=1S/C35H44FN5O4S/c1-4-30(42)39-32(35(45)41-18-16-40(3)17-19-41)22(2)24-14-15-27(26(36)20-24)37-33(43)31(23-10-6-5-7-11-23)34(44)38-28-21-46-29-13-9-8-12-25(28)29/h8-9,12-15,20-23,31-32H,4-7,10-11,16-19H2,1-3H3,(H,37,43)(H,38,44)(H,39,42)/t22-,31-,32+/m0/s1. The molecule has 0 radical (unpaired) electrons. The number of rotatable bonds is 10. The molecule has 0 spiro atoms. The maximum Gasteiger partial charge on any atom is 0.245 e. The van der Waals surface area contributed by atoms with E-state index in [1.807, 2.05) is 36.7 Å². The largest absolute Gasteiger partial charge is 0.344 e. The molecular weight excluding hydrogens is 605 g/mol. The van der Waals surface area contributed by atoms with Crippen LogP contribution in [0.4, 0.5) is 15.8 Å². The Balaban J connectivity index is 1.33. The highest BCUT2D eigenvalue weighted by atomic mass is 32.1. The lowest BCUT2D eigenvalue weighted by atomic mass is 9.79. The molecule has 2 fully saturated rings. The van der Waals surface area contributed by atoms with Gasteiger partial charge in [-0.15, -0.1) is 11.3 Å². The van der Waals surface area contributed by atoms with Gasteiger partial charge in [-0.05, 0) is 49.6 Å². The van der Waals surface area contributed by atoms with Gasteiger partial charge in [-0.1, -0.05) is 57.4 Å². The Morgan fingerprint density at radius 3 is 2.28 bits per heavy atom. The van der Waals surface area contributed by atoms with Crippen LogP contribution in [0.5, 0.6) is 0 Å². The number of likely N-dealkylation sites (N-methyl/N-ethyl adjacent to an activating group) is 1. The van der Waals surface area contributed by atoms with E-state index in [9.17, 15) is 19.2 Å². The van der Waals surface area contributed by atoms with Gasteiger partial charge in [0.25, 0.3) is 0 Å². The Bertz CT molecular complexity index is 1560. The molecule has 46 heavy (non-hydrogen) atoms. The Kier molecular flexibility index (Phi) is 11.1. The second-order valence-electron chi connectivity index (χ2n) is 12.6. The monoisotopic (exact) mass is 649 g/mol. The zero-order valence-corrected chi connectivity index (χ0v) is 27.6. The minimum Gasteiger partial charge on any atom is -0.344 e. The van der Waals surface area contributed by atoms with Crippen LogP contribution in [0.15, 0.2) is 47.8 Å². The van der Waals surface area contributed by atoms with E-state index in [1.54, 1.807) is 24.8 Å². The first-order valence-corrected chi connectivity index (χ1v) is 17.2. The SMILES string of the molecule is CCC(=O)N[C@@H](C(=O)N1CCN(C)CC1)[C@@H](C)c1ccc(NC(=O)[C@@H](C(=O)Nc2csc3ccccc23)C2CCCCC2)c(F)c1. The van der Waals surface area contributed by atoms with E-state index >= 15 is 4.39 Å². The molecule has 3 atom stereocenters. The number of piperazine rings is 1. The first-order valence-electron chi connectivity index (χ1n) is 16.3. The van der Waals surface area contributed by atoms with Gasteiger partial charge in [0, 0.05) is 54.0 Å². The van der Waals surface area contributed by atoms with Gasteiger partial charge in [0.1, 0.15) is 17.8 Å². The maximum absolute atomic E-state index is 15.6. The van der Waals surface area contributed by atoms with Crippen LogP contribution in [0.3, 0.4) is 0 Å². The summed E-state index contributed by atoms with van der Waals surface area (Å²) >= 11 is 1.52. The summed E-state index contributed by atoms with van der Waals surface area (Å²) in [6.07, 6.45) is 4.66. The third-order valence-electron chi connectivity index (χ3n) is 9.42. The topological polar surface area (TPSA) is 111 Å². The summed E-state index contributed by atoms with van der Waals surface area (Å²) in [5.41, 5.74) is 1.15. The highest BCUT2D eigenvalue weighted by Crippen LogP contribution is 2.35. The van der Waals surface area contributed by atoms with Crippen LogP contribution in [-0.4, -0.2) is 72.7 Å². The summed E-state index contributed by atoms with van der Waals surface area (Å²) in [7, 11) is 2.00. The van der Waals surface area contributed by atoms with Gasteiger partial charge in [-0.2, -0.15) is 0 Å². The first-order chi connectivity index (χ1) is 22.2. The zero-order chi connectivity index (χ0) is 32.8. The van der Waals surface area contributed by atoms with Gasteiger partial charge in [0.15, 0.2) is 0 Å². The average Bonchev–Trinajstić information content (AvgIpc) is 3.47. The number of thiophene rings is 1.